The van der Waals surface area contributed by atoms with Crippen LogP contribution >= 0.6 is 11.3 Å². The number of urea groups is 1. The Labute approximate surface area is 167 Å². The molecular weight excluding hydrogens is 382 g/mol. The maximum Gasteiger partial charge on any atom is 0.348 e. The van der Waals surface area contributed by atoms with Crippen molar-refractivity contribution in [1.82, 2.24) is 10.2 Å². The Balaban J connectivity index is 1.68. The maximum absolute atomic E-state index is 13.1. The van der Waals surface area contributed by atoms with Gasteiger partial charge in [-0.1, -0.05) is 20.8 Å². The Morgan fingerprint density at radius 3 is 2.68 bits per heavy atom. The SMILES string of the molecule is COC(=O)c1ccc(NC(=O)CN2C(=O)NC3(CC(C)CC(C)(C)C3)C2=O)s1. The van der Waals surface area contributed by atoms with Gasteiger partial charge in [0, 0.05) is 0 Å². The van der Waals surface area contributed by atoms with Crippen LogP contribution in [0, 0.1) is 11.3 Å². The summed E-state index contributed by atoms with van der Waals surface area (Å²) in [6, 6.07) is 2.58. The van der Waals surface area contributed by atoms with E-state index in [0.29, 0.717) is 28.6 Å². The summed E-state index contributed by atoms with van der Waals surface area (Å²) in [5, 5.41) is 5.92. The Hall–Kier alpha value is -2.42. The highest BCUT2D eigenvalue weighted by atomic mass is 32.1. The van der Waals surface area contributed by atoms with E-state index < -0.39 is 23.4 Å². The van der Waals surface area contributed by atoms with Gasteiger partial charge in [-0.3, -0.25) is 14.5 Å². The van der Waals surface area contributed by atoms with E-state index in [1.54, 1.807) is 12.1 Å². The largest absolute Gasteiger partial charge is 0.465 e. The summed E-state index contributed by atoms with van der Waals surface area (Å²) < 4.78 is 4.63. The predicted molar refractivity (Wildman–Crippen MR) is 104 cm³/mol. The molecule has 9 heteroatoms. The number of ether oxygens (including phenoxy) is 1. The molecule has 1 aliphatic heterocycles. The number of amides is 4. The van der Waals surface area contributed by atoms with Gasteiger partial charge < -0.3 is 15.4 Å². The minimum Gasteiger partial charge on any atom is -0.465 e. The summed E-state index contributed by atoms with van der Waals surface area (Å²) in [5.74, 6) is -1.03. The predicted octanol–water partition coefficient (Wildman–Crippen LogP) is 2.61. The van der Waals surface area contributed by atoms with Crippen LogP contribution in [0.2, 0.25) is 0 Å². The van der Waals surface area contributed by atoms with Crippen molar-refractivity contribution in [2.24, 2.45) is 11.3 Å². The fourth-order valence-electron chi connectivity index (χ4n) is 4.59. The molecule has 0 bridgehead atoms. The standard InChI is InChI=1S/C19H25N3O5S/c1-11-7-18(2,3)10-19(8-11)16(25)22(17(26)21-19)9-13(23)20-14-6-5-12(28-14)15(24)27-4/h5-6,11H,7-10H2,1-4H3,(H,20,23)(H,21,26). The van der Waals surface area contributed by atoms with Gasteiger partial charge in [-0.25, -0.2) is 9.59 Å². The number of thiophene rings is 1. The molecular formula is C19H25N3O5S. The van der Waals surface area contributed by atoms with E-state index in [-0.39, 0.29) is 17.9 Å². The first-order chi connectivity index (χ1) is 13.0. The zero-order chi connectivity index (χ0) is 20.7. The molecule has 2 unspecified atom stereocenters. The summed E-state index contributed by atoms with van der Waals surface area (Å²) in [4.78, 5) is 50.7. The molecule has 1 saturated carbocycles. The van der Waals surface area contributed by atoms with Crippen molar-refractivity contribution in [2.45, 2.75) is 45.6 Å². The second-order valence-electron chi connectivity index (χ2n) is 8.46. The first kappa shape index (κ1) is 20.3. The summed E-state index contributed by atoms with van der Waals surface area (Å²) >= 11 is 1.06. The lowest BCUT2D eigenvalue weighted by atomic mass is 9.64. The van der Waals surface area contributed by atoms with Crippen LogP contribution in [0.4, 0.5) is 9.80 Å². The van der Waals surface area contributed by atoms with Crippen molar-refractivity contribution in [3.05, 3.63) is 17.0 Å². The van der Waals surface area contributed by atoms with Crippen molar-refractivity contribution in [2.75, 3.05) is 19.0 Å². The quantitative estimate of drug-likeness (QED) is 0.590. The zero-order valence-electron chi connectivity index (χ0n) is 16.5. The molecule has 2 fully saturated rings. The molecule has 0 radical (unpaired) electrons. The lowest BCUT2D eigenvalue weighted by Gasteiger charge is -2.43. The van der Waals surface area contributed by atoms with Crippen molar-refractivity contribution >= 4 is 40.2 Å². The molecule has 1 aliphatic carbocycles. The van der Waals surface area contributed by atoms with E-state index >= 15 is 0 Å². The third kappa shape index (κ3) is 3.89. The lowest BCUT2D eigenvalue weighted by molar-refractivity contribution is -0.136. The van der Waals surface area contributed by atoms with Gasteiger partial charge >= 0.3 is 12.0 Å². The maximum atomic E-state index is 13.1. The topological polar surface area (TPSA) is 105 Å². The van der Waals surface area contributed by atoms with E-state index in [4.69, 9.17) is 0 Å². The third-order valence-corrected chi connectivity index (χ3v) is 6.16. The van der Waals surface area contributed by atoms with Crippen LogP contribution in [0.5, 0.6) is 0 Å². The van der Waals surface area contributed by atoms with Crippen molar-refractivity contribution < 1.29 is 23.9 Å². The van der Waals surface area contributed by atoms with Crippen LogP contribution in [0.25, 0.3) is 0 Å². The highest BCUT2D eigenvalue weighted by Gasteiger charge is 2.56. The first-order valence-corrected chi connectivity index (χ1v) is 9.99. The van der Waals surface area contributed by atoms with E-state index in [2.05, 4.69) is 36.1 Å². The number of nitrogens with one attached hydrogen (secondary N) is 2. The molecule has 2 N–H and O–H groups in total. The number of rotatable bonds is 4. The fraction of sp³-hybridized carbons (Fsp3) is 0.579. The van der Waals surface area contributed by atoms with Gasteiger partial charge in [0.05, 0.1) is 12.1 Å². The lowest BCUT2D eigenvalue weighted by Crippen LogP contribution is -2.54. The molecule has 4 amide bonds. The van der Waals surface area contributed by atoms with E-state index in [1.165, 1.54) is 7.11 Å². The Bertz CT molecular complexity index is 833. The fourth-order valence-corrected chi connectivity index (χ4v) is 5.43. The number of hydrogen-bond donors (Lipinski definition) is 2. The van der Waals surface area contributed by atoms with E-state index in [1.807, 2.05) is 0 Å². The van der Waals surface area contributed by atoms with Crippen LogP contribution in [-0.4, -0.2) is 47.9 Å². The van der Waals surface area contributed by atoms with E-state index in [9.17, 15) is 19.2 Å². The number of carbonyl (C=O) groups excluding carboxylic acids is 4. The van der Waals surface area contributed by atoms with Crippen molar-refractivity contribution in [1.29, 1.82) is 0 Å². The van der Waals surface area contributed by atoms with Crippen LogP contribution < -0.4 is 10.6 Å². The molecule has 2 heterocycles. The molecule has 1 aromatic rings. The second kappa shape index (κ2) is 7.20. The van der Waals surface area contributed by atoms with Crippen LogP contribution in [0.3, 0.4) is 0 Å². The smallest absolute Gasteiger partial charge is 0.348 e. The number of imide groups is 1. The molecule has 3 rings (SSSR count). The van der Waals surface area contributed by atoms with Gasteiger partial charge in [-0.2, -0.15) is 0 Å². The number of carbonyl (C=O) groups is 4. The van der Waals surface area contributed by atoms with Gasteiger partial charge in [0.2, 0.25) is 5.91 Å². The summed E-state index contributed by atoms with van der Waals surface area (Å²) in [7, 11) is 1.28. The second-order valence-corrected chi connectivity index (χ2v) is 9.55. The molecule has 2 aliphatic rings. The molecule has 1 saturated heterocycles. The average Bonchev–Trinajstić information content (AvgIpc) is 3.11. The molecule has 1 spiro atoms. The van der Waals surface area contributed by atoms with Gasteiger partial charge in [-0.15, -0.1) is 11.3 Å². The Morgan fingerprint density at radius 1 is 1.32 bits per heavy atom. The normalized spacial score (nSPS) is 26.3. The molecule has 2 atom stereocenters. The third-order valence-electron chi connectivity index (χ3n) is 5.18. The molecule has 1 aromatic heterocycles. The molecule has 0 aromatic carbocycles. The number of methoxy groups -OCH3 is 1. The summed E-state index contributed by atoms with van der Waals surface area (Å²) in [5.41, 5.74) is -1.00. The van der Waals surface area contributed by atoms with Crippen LogP contribution in [0.15, 0.2) is 12.1 Å². The van der Waals surface area contributed by atoms with Gasteiger partial charge in [0.25, 0.3) is 5.91 Å². The Morgan fingerprint density at radius 2 is 2.04 bits per heavy atom. The summed E-state index contributed by atoms with van der Waals surface area (Å²) in [6.07, 6.45) is 2.12. The zero-order valence-corrected chi connectivity index (χ0v) is 17.3. The number of nitrogens with zero attached hydrogens (tertiary/aromatic N) is 1. The van der Waals surface area contributed by atoms with Crippen molar-refractivity contribution in [3.8, 4) is 0 Å². The molecule has 8 nitrogen and oxygen atoms in total. The number of anilines is 1. The highest BCUT2D eigenvalue weighted by molar-refractivity contribution is 7.18. The van der Waals surface area contributed by atoms with Crippen LogP contribution in [0.1, 0.15) is 49.7 Å². The monoisotopic (exact) mass is 407 g/mol. The van der Waals surface area contributed by atoms with Crippen molar-refractivity contribution in [3.63, 3.8) is 0 Å². The first-order valence-electron chi connectivity index (χ1n) is 9.17. The Kier molecular flexibility index (Phi) is 5.22. The minimum absolute atomic E-state index is 0.0693. The minimum atomic E-state index is -0.931. The molecule has 28 heavy (non-hydrogen) atoms. The molecule has 152 valence electrons. The van der Waals surface area contributed by atoms with Gasteiger partial charge in [-0.05, 0) is 42.7 Å². The van der Waals surface area contributed by atoms with Crippen LogP contribution in [-0.2, 0) is 14.3 Å². The average molecular weight is 407 g/mol. The highest BCUT2D eigenvalue weighted by Crippen LogP contribution is 2.46. The van der Waals surface area contributed by atoms with Gasteiger partial charge in [0.15, 0.2) is 0 Å². The van der Waals surface area contributed by atoms with E-state index in [0.717, 1.165) is 22.7 Å². The number of hydrogen-bond acceptors (Lipinski definition) is 6. The number of esters is 1. The summed E-state index contributed by atoms with van der Waals surface area (Å²) in [6.45, 7) is 5.89. The van der Waals surface area contributed by atoms with Gasteiger partial charge in [0.1, 0.15) is 17.0 Å².